The van der Waals surface area contributed by atoms with Crippen LogP contribution in [-0.4, -0.2) is 122 Å². The van der Waals surface area contributed by atoms with Gasteiger partial charge in [-0.15, -0.1) is 0 Å². The molecular weight excluding hydrogens is 662 g/mol. The number of piperidine rings is 1. The summed E-state index contributed by atoms with van der Waals surface area (Å²) in [6.07, 6.45) is 6.84. The van der Waals surface area contributed by atoms with Gasteiger partial charge in [-0.2, -0.15) is 0 Å². The number of aldehydes is 3. The molecule has 15 heteroatoms. The Hall–Kier alpha value is -3.95. The zero-order chi connectivity index (χ0) is 35.9. The Labute approximate surface area is 289 Å². The van der Waals surface area contributed by atoms with Crippen molar-refractivity contribution in [1.29, 1.82) is 0 Å². The quantitative estimate of drug-likeness (QED) is 0.0987. The molecule has 12 nitrogen and oxygen atoms in total. The minimum Gasteiger partial charge on any atom is -0.485 e. The summed E-state index contributed by atoms with van der Waals surface area (Å²) in [7, 11) is 5.96. The first-order chi connectivity index (χ1) is 23.6. The van der Waals surface area contributed by atoms with Crippen molar-refractivity contribution in [2.45, 2.75) is 44.2 Å². The van der Waals surface area contributed by atoms with Crippen molar-refractivity contribution in [3.8, 4) is 0 Å². The van der Waals surface area contributed by atoms with Gasteiger partial charge in [0.15, 0.2) is 30.4 Å². The van der Waals surface area contributed by atoms with Crippen molar-refractivity contribution in [2.24, 2.45) is 0 Å². The zero-order valence-electron chi connectivity index (χ0n) is 28.0. The number of hydrogen-bond donors (Lipinski definition) is 5. The van der Waals surface area contributed by atoms with Gasteiger partial charge in [0.05, 0.1) is 21.6 Å². The summed E-state index contributed by atoms with van der Waals surface area (Å²) in [5.74, 6) is -2.28. The second-order valence-corrected chi connectivity index (χ2v) is 12.3. The lowest BCUT2D eigenvalue weighted by molar-refractivity contribution is -0.103. The van der Waals surface area contributed by atoms with E-state index < -0.39 is 30.1 Å². The molecule has 0 bridgehead atoms. The minimum atomic E-state index is -1.22. The second kappa shape index (κ2) is 19.9. The number of H-pyrrole nitrogens is 1. The van der Waals surface area contributed by atoms with Gasteiger partial charge in [-0.3, -0.25) is 14.4 Å². The Morgan fingerprint density at radius 3 is 2.49 bits per heavy atom. The normalized spacial score (nSPS) is 17.2. The number of nitrogens with one attached hydrogen (secondary N) is 3. The van der Waals surface area contributed by atoms with Gasteiger partial charge in [0.1, 0.15) is 24.4 Å². The standard InChI is InChI=1S/C24H23ClF2N4O5.C10H22N2O/c1-28-5-4-19(29-8-15(35)12-36-23-18(26)3-2-17(25)22(23)27)16(11-34)24-30-20-6-13(9-32)14(10-33)7-21(20)31-24;1-11(2)10-4-7-12(8-5-10)6-3-9-13/h4-7,9-11,15,28-29,35H,2-3,8,12H2,1H3,(H,30,31);10,13H,3-9H2,1-2H3/b5-4-,19-16-;. The van der Waals surface area contributed by atoms with Gasteiger partial charge in [-0.05, 0) is 77.3 Å². The van der Waals surface area contributed by atoms with Crippen LogP contribution in [0.3, 0.4) is 0 Å². The maximum Gasteiger partial charge on any atom is 0.187 e. The number of allylic oxidation sites excluding steroid dienone is 5. The van der Waals surface area contributed by atoms with E-state index in [1.54, 1.807) is 7.05 Å². The third-order valence-corrected chi connectivity index (χ3v) is 8.49. The Bertz CT molecular complexity index is 1520. The lowest BCUT2D eigenvalue weighted by atomic mass is 10.0. The molecule has 1 aliphatic heterocycles. The predicted octanol–water partition coefficient (Wildman–Crippen LogP) is 3.59. The van der Waals surface area contributed by atoms with Crippen LogP contribution in [0.15, 0.2) is 52.6 Å². The number of benzene rings is 1. The molecule has 1 aromatic carbocycles. The fourth-order valence-electron chi connectivity index (χ4n) is 5.33. The minimum absolute atomic E-state index is 0.0331. The maximum atomic E-state index is 14.0. The van der Waals surface area contributed by atoms with Crippen molar-refractivity contribution < 1.29 is 38.1 Å². The number of ether oxygens (including phenoxy) is 1. The van der Waals surface area contributed by atoms with Crippen molar-refractivity contribution in [2.75, 3.05) is 60.5 Å². The Kier molecular flexibility index (Phi) is 16.0. The molecule has 4 rings (SSSR count). The van der Waals surface area contributed by atoms with Crippen molar-refractivity contribution in [3.63, 3.8) is 0 Å². The summed E-state index contributed by atoms with van der Waals surface area (Å²) >= 11 is 5.72. The molecule has 1 unspecified atom stereocenters. The molecule has 0 spiro atoms. The van der Waals surface area contributed by atoms with E-state index in [0.29, 0.717) is 36.5 Å². The molecule has 1 atom stereocenters. The molecule has 2 heterocycles. The van der Waals surface area contributed by atoms with Crippen LogP contribution < -0.4 is 10.6 Å². The summed E-state index contributed by atoms with van der Waals surface area (Å²) in [5, 5.41) is 24.5. The number of fused-ring (bicyclic) bond motifs is 1. The summed E-state index contributed by atoms with van der Waals surface area (Å²) in [6.45, 7) is 3.19. The molecule has 268 valence electrons. The molecule has 1 fully saturated rings. The van der Waals surface area contributed by atoms with Gasteiger partial charge >= 0.3 is 0 Å². The highest BCUT2D eigenvalue weighted by atomic mass is 35.5. The van der Waals surface area contributed by atoms with Crippen molar-refractivity contribution >= 4 is 47.1 Å². The molecule has 2 aromatic rings. The molecule has 1 aromatic heterocycles. The lowest BCUT2D eigenvalue weighted by Crippen LogP contribution is -2.42. The Morgan fingerprint density at radius 1 is 1.18 bits per heavy atom. The summed E-state index contributed by atoms with van der Waals surface area (Å²) in [4.78, 5) is 46.5. The number of carbonyl (C=O) groups is 3. The number of likely N-dealkylation sites (tertiary alicyclic amines) is 1. The van der Waals surface area contributed by atoms with Crippen LogP contribution >= 0.6 is 11.6 Å². The van der Waals surface area contributed by atoms with Crippen LogP contribution in [0.1, 0.15) is 58.6 Å². The average molecular weight is 707 g/mol. The lowest BCUT2D eigenvalue weighted by Gasteiger charge is -2.35. The first-order valence-electron chi connectivity index (χ1n) is 16.0. The summed E-state index contributed by atoms with van der Waals surface area (Å²) in [5.41, 5.74) is 1.44. The number of halogens is 3. The zero-order valence-corrected chi connectivity index (χ0v) is 28.7. The molecule has 1 saturated heterocycles. The van der Waals surface area contributed by atoms with Crippen LogP contribution in [0.2, 0.25) is 0 Å². The number of nitrogens with zero attached hydrogens (tertiary/aromatic N) is 3. The van der Waals surface area contributed by atoms with Gasteiger partial charge < -0.3 is 40.4 Å². The molecule has 2 aliphatic rings. The highest BCUT2D eigenvalue weighted by Gasteiger charge is 2.24. The largest absolute Gasteiger partial charge is 0.485 e. The third kappa shape index (κ3) is 11.3. The average Bonchev–Trinajstić information content (AvgIpc) is 3.52. The Balaban J connectivity index is 0.000000419. The van der Waals surface area contributed by atoms with Crippen LogP contribution in [0.5, 0.6) is 0 Å². The number of imidazole rings is 1. The number of rotatable bonds is 16. The fourth-order valence-corrected chi connectivity index (χ4v) is 5.51. The highest BCUT2D eigenvalue weighted by molar-refractivity contribution is 6.30. The third-order valence-electron chi connectivity index (χ3n) is 8.14. The molecule has 1 aliphatic carbocycles. The molecular formula is C34H45ClF2N6O6. The van der Waals surface area contributed by atoms with E-state index in [-0.39, 0.29) is 52.6 Å². The SMILES string of the molecule is CN(C)C1CCN(CCCO)CC1.CN/C=C\C(NCC(O)COC1=C(F)CCC(Cl)=C1F)=C(/C=O)c1nc2cc(C=O)c(C=O)cc2[nH]1. The van der Waals surface area contributed by atoms with E-state index >= 15 is 0 Å². The first kappa shape index (κ1) is 39.5. The van der Waals surface area contributed by atoms with E-state index in [9.17, 15) is 28.3 Å². The van der Waals surface area contributed by atoms with Crippen molar-refractivity contribution in [1.82, 2.24) is 30.4 Å². The summed E-state index contributed by atoms with van der Waals surface area (Å²) in [6, 6.07) is 3.64. The van der Waals surface area contributed by atoms with Gasteiger partial charge in [-0.25, -0.2) is 13.8 Å². The summed E-state index contributed by atoms with van der Waals surface area (Å²) < 4.78 is 33.1. The maximum absolute atomic E-state index is 14.0. The van der Waals surface area contributed by atoms with Gasteiger partial charge in [-0.1, -0.05) is 11.6 Å². The van der Waals surface area contributed by atoms with E-state index in [1.807, 2.05) is 0 Å². The number of aliphatic hydroxyl groups is 2. The topological polar surface area (TPSA) is 160 Å². The van der Waals surface area contributed by atoms with Gasteiger partial charge in [0.25, 0.3) is 0 Å². The number of aliphatic hydroxyl groups excluding tert-OH is 2. The number of aromatic amines is 1. The Morgan fingerprint density at radius 2 is 1.88 bits per heavy atom. The van der Waals surface area contributed by atoms with Gasteiger partial charge in [0.2, 0.25) is 0 Å². The molecule has 0 radical (unpaired) electrons. The van der Waals surface area contributed by atoms with Crippen molar-refractivity contribution in [3.05, 3.63) is 69.5 Å². The number of aromatic nitrogens is 2. The monoisotopic (exact) mass is 706 g/mol. The first-order valence-corrected chi connectivity index (χ1v) is 16.4. The molecule has 49 heavy (non-hydrogen) atoms. The highest BCUT2D eigenvalue weighted by Crippen LogP contribution is 2.34. The molecule has 0 amide bonds. The van der Waals surface area contributed by atoms with E-state index in [4.69, 9.17) is 21.4 Å². The molecule has 0 saturated carbocycles. The van der Waals surface area contributed by atoms with Crippen LogP contribution in [-0.2, 0) is 9.53 Å². The number of carbonyl (C=O) groups excluding carboxylic acids is 3. The fraction of sp³-hybridized carbons (Fsp3) is 0.471. The smallest absolute Gasteiger partial charge is 0.187 e. The van der Waals surface area contributed by atoms with Crippen LogP contribution in [0.25, 0.3) is 16.6 Å². The van der Waals surface area contributed by atoms with Crippen LogP contribution in [0.4, 0.5) is 8.78 Å². The van der Waals surface area contributed by atoms with Gasteiger partial charge in [0, 0.05) is 56.0 Å². The van der Waals surface area contributed by atoms with E-state index in [1.165, 1.54) is 50.3 Å². The number of hydrogen-bond acceptors (Lipinski definition) is 11. The molecule has 5 N–H and O–H groups in total. The predicted molar refractivity (Wildman–Crippen MR) is 184 cm³/mol. The van der Waals surface area contributed by atoms with E-state index in [2.05, 4.69) is 44.5 Å². The second-order valence-electron chi connectivity index (χ2n) is 11.8. The van der Waals surface area contributed by atoms with E-state index in [0.717, 1.165) is 19.0 Å². The van der Waals surface area contributed by atoms with Crippen LogP contribution in [0, 0.1) is 0 Å².